The molecule has 0 bridgehead atoms. The summed E-state index contributed by atoms with van der Waals surface area (Å²) in [5.74, 6) is 0.327. The first-order valence-corrected chi connectivity index (χ1v) is 11.5. The number of unbranched alkanes of at least 4 members (excludes halogenated alkanes) is 1. The number of nitrogens with one attached hydrogen (secondary N) is 1. The second kappa shape index (κ2) is 12.6. The van der Waals surface area contributed by atoms with Gasteiger partial charge in [-0.15, -0.1) is 0 Å². The molecule has 1 unspecified atom stereocenters. The molecule has 0 heterocycles. The number of rotatable bonds is 11. The van der Waals surface area contributed by atoms with Gasteiger partial charge < -0.3 is 15.0 Å². The van der Waals surface area contributed by atoms with Crippen molar-refractivity contribution >= 4 is 34.4 Å². The van der Waals surface area contributed by atoms with Crippen molar-refractivity contribution in [3.05, 3.63) is 63.2 Å². The highest BCUT2D eigenvalue weighted by molar-refractivity contribution is 14.1. The van der Waals surface area contributed by atoms with E-state index in [0.29, 0.717) is 25.3 Å². The minimum Gasteiger partial charge on any atom is -0.484 e. The number of aryl methyl sites for hydroxylation is 1. The van der Waals surface area contributed by atoms with E-state index in [4.69, 9.17) is 4.74 Å². The Morgan fingerprint density at radius 3 is 2.50 bits per heavy atom. The summed E-state index contributed by atoms with van der Waals surface area (Å²) in [5, 5.41) is 2.97. The highest BCUT2D eigenvalue weighted by Gasteiger charge is 2.28. The summed E-state index contributed by atoms with van der Waals surface area (Å²) >= 11 is 2.22. The molecule has 5 nitrogen and oxygen atoms in total. The first kappa shape index (κ1) is 24.2. The number of benzene rings is 2. The zero-order valence-electron chi connectivity index (χ0n) is 18.0. The largest absolute Gasteiger partial charge is 0.484 e. The molecule has 0 saturated heterocycles. The fourth-order valence-electron chi connectivity index (χ4n) is 3.19. The highest BCUT2D eigenvalue weighted by atomic mass is 127. The van der Waals surface area contributed by atoms with Crippen LogP contribution < -0.4 is 10.1 Å². The van der Waals surface area contributed by atoms with Gasteiger partial charge in [-0.1, -0.05) is 50.1 Å². The van der Waals surface area contributed by atoms with Crippen LogP contribution in [-0.4, -0.2) is 35.9 Å². The monoisotopic (exact) mass is 522 g/mol. The van der Waals surface area contributed by atoms with Crippen LogP contribution in [0.15, 0.2) is 48.5 Å². The number of nitrogens with zero attached hydrogens (tertiary/aromatic N) is 1. The van der Waals surface area contributed by atoms with Crippen LogP contribution in [0.4, 0.5) is 0 Å². The molecule has 0 aliphatic rings. The van der Waals surface area contributed by atoms with E-state index in [1.54, 1.807) is 4.90 Å². The van der Waals surface area contributed by atoms with Crippen LogP contribution in [0.2, 0.25) is 0 Å². The Morgan fingerprint density at radius 2 is 1.87 bits per heavy atom. The number of hydrogen-bond donors (Lipinski definition) is 1. The number of carbonyl (C=O) groups is 2. The third-order valence-electron chi connectivity index (χ3n) is 4.83. The van der Waals surface area contributed by atoms with Crippen LogP contribution >= 0.6 is 22.6 Å². The lowest BCUT2D eigenvalue weighted by Crippen LogP contribution is -2.50. The minimum atomic E-state index is -0.532. The van der Waals surface area contributed by atoms with Crippen LogP contribution in [0.25, 0.3) is 0 Å². The molecule has 162 valence electrons. The molecule has 0 aliphatic carbocycles. The average molecular weight is 522 g/mol. The van der Waals surface area contributed by atoms with Gasteiger partial charge in [-0.25, -0.2) is 0 Å². The molecule has 30 heavy (non-hydrogen) atoms. The molecule has 0 aromatic heterocycles. The van der Waals surface area contributed by atoms with Crippen molar-refractivity contribution in [3.63, 3.8) is 0 Å². The van der Waals surface area contributed by atoms with Crippen molar-refractivity contribution < 1.29 is 14.3 Å². The van der Waals surface area contributed by atoms with Gasteiger partial charge in [0.2, 0.25) is 5.91 Å². The van der Waals surface area contributed by atoms with Crippen molar-refractivity contribution in [1.82, 2.24) is 10.2 Å². The lowest BCUT2D eigenvalue weighted by Gasteiger charge is -2.30. The van der Waals surface area contributed by atoms with E-state index in [2.05, 4.69) is 34.8 Å². The molecular weight excluding hydrogens is 491 g/mol. The minimum absolute atomic E-state index is 0.106. The van der Waals surface area contributed by atoms with Crippen LogP contribution in [0.3, 0.4) is 0 Å². The van der Waals surface area contributed by atoms with E-state index in [-0.39, 0.29) is 18.4 Å². The van der Waals surface area contributed by atoms with Gasteiger partial charge in [0.05, 0.1) is 0 Å². The zero-order valence-corrected chi connectivity index (χ0v) is 20.1. The van der Waals surface area contributed by atoms with Gasteiger partial charge in [-0.3, -0.25) is 9.59 Å². The maximum absolute atomic E-state index is 13.1. The molecule has 2 aromatic rings. The van der Waals surface area contributed by atoms with E-state index in [1.807, 2.05) is 62.4 Å². The molecule has 0 spiro atoms. The molecule has 1 atom stereocenters. The molecule has 0 aliphatic heterocycles. The summed E-state index contributed by atoms with van der Waals surface area (Å²) in [6.07, 6.45) is 2.47. The number of amides is 2. The molecule has 1 N–H and O–H groups in total. The van der Waals surface area contributed by atoms with Gasteiger partial charge in [0, 0.05) is 16.7 Å². The third kappa shape index (κ3) is 7.63. The van der Waals surface area contributed by atoms with Crippen LogP contribution in [-0.2, 0) is 16.1 Å². The Balaban J connectivity index is 2.16. The van der Waals surface area contributed by atoms with E-state index in [0.717, 1.165) is 27.5 Å². The summed E-state index contributed by atoms with van der Waals surface area (Å²) < 4.78 is 6.81. The Morgan fingerprint density at radius 1 is 1.13 bits per heavy atom. The third-order valence-corrected chi connectivity index (χ3v) is 5.55. The first-order valence-electron chi connectivity index (χ1n) is 10.5. The maximum atomic E-state index is 13.1. The van der Waals surface area contributed by atoms with E-state index < -0.39 is 6.04 Å². The Bertz CT molecular complexity index is 823. The van der Waals surface area contributed by atoms with Crippen LogP contribution in [0.1, 0.15) is 44.2 Å². The Hall–Kier alpha value is -2.09. The molecule has 2 aromatic carbocycles. The standard InChI is InChI=1S/C24H31IN2O3/c1-4-6-14-26-24(29)22(5-2)27(16-19-9-7-8-18(3)15-19)23(28)17-30-21-12-10-20(25)11-13-21/h7-13,15,22H,4-6,14,16-17H2,1-3H3,(H,26,29). The quantitative estimate of drug-likeness (QED) is 0.344. The average Bonchev–Trinajstić information content (AvgIpc) is 2.73. The van der Waals surface area contributed by atoms with Gasteiger partial charge in [0.15, 0.2) is 6.61 Å². The predicted molar refractivity (Wildman–Crippen MR) is 128 cm³/mol. The highest BCUT2D eigenvalue weighted by Crippen LogP contribution is 2.16. The van der Waals surface area contributed by atoms with Gasteiger partial charge in [0.25, 0.3) is 5.91 Å². The summed E-state index contributed by atoms with van der Waals surface area (Å²) in [6, 6.07) is 15.0. The summed E-state index contributed by atoms with van der Waals surface area (Å²) in [6.45, 7) is 6.92. The van der Waals surface area contributed by atoms with Gasteiger partial charge in [-0.2, -0.15) is 0 Å². The van der Waals surface area contributed by atoms with E-state index >= 15 is 0 Å². The van der Waals surface area contributed by atoms with E-state index in [9.17, 15) is 9.59 Å². The van der Waals surface area contributed by atoms with Crippen LogP contribution in [0, 0.1) is 10.5 Å². The smallest absolute Gasteiger partial charge is 0.261 e. The predicted octanol–water partition coefficient (Wildman–Crippen LogP) is 4.70. The topological polar surface area (TPSA) is 58.6 Å². The normalized spacial score (nSPS) is 11.6. The fourth-order valence-corrected chi connectivity index (χ4v) is 3.55. The number of halogens is 1. The molecule has 0 fully saturated rings. The maximum Gasteiger partial charge on any atom is 0.261 e. The van der Waals surface area contributed by atoms with Crippen molar-refractivity contribution in [2.24, 2.45) is 0 Å². The second-order valence-corrected chi connectivity index (χ2v) is 8.57. The van der Waals surface area contributed by atoms with Crippen molar-refractivity contribution in [2.45, 2.75) is 52.6 Å². The number of ether oxygens (including phenoxy) is 1. The fraction of sp³-hybridized carbons (Fsp3) is 0.417. The van der Waals surface area contributed by atoms with Gasteiger partial charge in [0.1, 0.15) is 11.8 Å². The molecule has 2 rings (SSSR count). The Kier molecular flexibility index (Phi) is 10.1. The molecule has 2 amide bonds. The van der Waals surface area contributed by atoms with Gasteiger partial charge >= 0.3 is 0 Å². The van der Waals surface area contributed by atoms with Gasteiger partial charge in [-0.05, 0) is 72.2 Å². The van der Waals surface area contributed by atoms with Crippen molar-refractivity contribution in [1.29, 1.82) is 0 Å². The summed E-state index contributed by atoms with van der Waals surface area (Å²) in [5.41, 5.74) is 2.12. The SMILES string of the molecule is CCCCNC(=O)C(CC)N(Cc1cccc(C)c1)C(=O)COc1ccc(I)cc1. The zero-order chi connectivity index (χ0) is 21.9. The second-order valence-electron chi connectivity index (χ2n) is 7.32. The summed E-state index contributed by atoms with van der Waals surface area (Å²) in [4.78, 5) is 27.6. The van der Waals surface area contributed by atoms with Crippen molar-refractivity contribution in [3.8, 4) is 5.75 Å². The van der Waals surface area contributed by atoms with Crippen molar-refractivity contribution in [2.75, 3.05) is 13.2 Å². The Labute approximate surface area is 193 Å². The summed E-state index contributed by atoms with van der Waals surface area (Å²) in [7, 11) is 0. The molecule has 0 radical (unpaired) electrons. The van der Waals surface area contributed by atoms with E-state index in [1.165, 1.54) is 0 Å². The lowest BCUT2D eigenvalue weighted by molar-refractivity contribution is -0.143. The molecule has 0 saturated carbocycles. The van der Waals surface area contributed by atoms with Crippen LogP contribution in [0.5, 0.6) is 5.75 Å². The molecule has 6 heteroatoms. The number of hydrogen-bond acceptors (Lipinski definition) is 3. The lowest BCUT2D eigenvalue weighted by atomic mass is 10.1. The first-order chi connectivity index (χ1) is 14.4. The number of carbonyl (C=O) groups excluding carboxylic acids is 2. The molecular formula is C24H31IN2O3.